The lowest BCUT2D eigenvalue weighted by molar-refractivity contribution is 0.0751. The van der Waals surface area contributed by atoms with Crippen LogP contribution in [0.2, 0.25) is 0 Å². The quantitative estimate of drug-likeness (QED) is 0.834. The Morgan fingerprint density at radius 1 is 1.29 bits per heavy atom. The number of hydrogen-bond acceptors (Lipinski definition) is 3. The number of hydrogen-bond donors (Lipinski definition) is 0. The maximum absolute atomic E-state index is 12.5. The van der Waals surface area contributed by atoms with Crippen molar-refractivity contribution in [3.8, 4) is 11.6 Å². The molecule has 1 aromatic heterocycles. The highest BCUT2D eigenvalue weighted by Crippen LogP contribution is 2.26. The summed E-state index contributed by atoms with van der Waals surface area (Å²) >= 11 is 3.39. The zero-order valence-corrected chi connectivity index (χ0v) is 13.8. The van der Waals surface area contributed by atoms with E-state index in [2.05, 4.69) is 20.9 Å². The Hall–Kier alpha value is -1.88. The molecule has 0 bridgehead atoms. The number of carbonyl (C=O) groups excluding carboxylic acids is 1. The van der Waals surface area contributed by atoms with Crippen molar-refractivity contribution in [1.82, 2.24) is 9.88 Å². The average Bonchev–Trinajstić information content (AvgIpc) is 2.46. The Kier molecular flexibility index (Phi) is 4.96. The summed E-state index contributed by atoms with van der Waals surface area (Å²) in [5.41, 5.74) is 0.452. The Balaban J connectivity index is 2.31. The fraction of sp³-hybridized carbons (Fsp3) is 0.250. The fourth-order valence-corrected chi connectivity index (χ4v) is 2.08. The molecule has 0 fully saturated rings. The second-order valence-electron chi connectivity index (χ2n) is 4.93. The largest absolute Gasteiger partial charge is 0.438 e. The lowest BCUT2D eigenvalue weighted by Gasteiger charge is -2.22. The highest BCUT2D eigenvalue weighted by molar-refractivity contribution is 9.10. The Morgan fingerprint density at radius 3 is 2.71 bits per heavy atom. The highest BCUT2D eigenvalue weighted by atomic mass is 79.9. The van der Waals surface area contributed by atoms with Crippen LogP contribution in [-0.2, 0) is 0 Å². The number of aromatic nitrogens is 1. The molecule has 2 rings (SSSR count). The van der Waals surface area contributed by atoms with E-state index in [1.165, 1.54) is 0 Å². The molecule has 2 aromatic rings. The highest BCUT2D eigenvalue weighted by Gasteiger charge is 2.19. The second kappa shape index (κ2) is 6.72. The number of rotatable bonds is 4. The third kappa shape index (κ3) is 3.82. The van der Waals surface area contributed by atoms with E-state index in [-0.39, 0.29) is 11.9 Å². The first-order valence-corrected chi connectivity index (χ1v) is 7.44. The van der Waals surface area contributed by atoms with E-state index in [9.17, 15) is 4.79 Å². The van der Waals surface area contributed by atoms with E-state index in [1.54, 1.807) is 30.3 Å². The van der Waals surface area contributed by atoms with E-state index in [0.29, 0.717) is 17.2 Å². The van der Waals surface area contributed by atoms with Crippen LogP contribution in [-0.4, -0.2) is 28.9 Å². The topological polar surface area (TPSA) is 42.4 Å². The molecule has 0 spiro atoms. The molecule has 0 aliphatic heterocycles. The predicted molar refractivity (Wildman–Crippen MR) is 85.7 cm³/mol. The third-order valence-electron chi connectivity index (χ3n) is 3.11. The summed E-state index contributed by atoms with van der Waals surface area (Å²) in [6, 6.07) is 11.0. The maximum Gasteiger partial charge on any atom is 0.259 e. The van der Waals surface area contributed by atoms with Gasteiger partial charge in [-0.25, -0.2) is 4.98 Å². The van der Waals surface area contributed by atoms with E-state index in [0.717, 1.165) is 4.47 Å². The normalized spacial score (nSPS) is 10.5. The van der Waals surface area contributed by atoms with Crippen molar-refractivity contribution in [3.05, 3.63) is 52.6 Å². The van der Waals surface area contributed by atoms with E-state index in [4.69, 9.17) is 4.74 Å². The summed E-state index contributed by atoms with van der Waals surface area (Å²) in [5.74, 6) is 0.834. The van der Waals surface area contributed by atoms with Crippen molar-refractivity contribution >= 4 is 21.8 Å². The molecule has 0 atom stereocenters. The van der Waals surface area contributed by atoms with Crippen LogP contribution in [0.3, 0.4) is 0 Å². The van der Waals surface area contributed by atoms with Crippen LogP contribution in [0.5, 0.6) is 11.6 Å². The van der Waals surface area contributed by atoms with Crippen molar-refractivity contribution in [2.45, 2.75) is 19.9 Å². The monoisotopic (exact) mass is 348 g/mol. The third-order valence-corrected chi connectivity index (χ3v) is 3.60. The molecule has 0 saturated heterocycles. The van der Waals surface area contributed by atoms with Crippen molar-refractivity contribution < 1.29 is 9.53 Å². The molecular formula is C16H17BrN2O2. The number of nitrogens with zero attached hydrogens (tertiary/aromatic N) is 2. The first-order valence-electron chi connectivity index (χ1n) is 6.64. The Bertz CT molecular complexity index is 644. The molecule has 4 nitrogen and oxygen atoms in total. The van der Waals surface area contributed by atoms with Crippen LogP contribution in [0.15, 0.2) is 47.1 Å². The van der Waals surface area contributed by atoms with Crippen LogP contribution in [0.1, 0.15) is 24.2 Å². The number of benzene rings is 1. The molecule has 21 heavy (non-hydrogen) atoms. The average molecular weight is 349 g/mol. The lowest BCUT2D eigenvalue weighted by atomic mass is 10.2. The number of amides is 1. The van der Waals surface area contributed by atoms with Gasteiger partial charge in [-0.1, -0.05) is 22.0 Å². The van der Waals surface area contributed by atoms with Crippen LogP contribution >= 0.6 is 15.9 Å². The number of pyridine rings is 1. The van der Waals surface area contributed by atoms with Gasteiger partial charge in [-0.05, 0) is 44.2 Å². The molecule has 1 heterocycles. The molecule has 0 N–H and O–H groups in total. The van der Waals surface area contributed by atoms with Gasteiger partial charge in [0.2, 0.25) is 5.88 Å². The molecule has 110 valence electrons. The molecule has 0 radical (unpaired) electrons. The van der Waals surface area contributed by atoms with Gasteiger partial charge in [0.25, 0.3) is 5.91 Å². The van der Waals surface area contributed by atoms with Gasteiger partial charge in [-0.15, -0.1) is 0 Å². The molecular weight excluding hydrogens is 332 g/mol. The van der Waals surface area contributed by atoms with E-state index in [1.807, 2.05) is 38.1 Å². The van der Waals surface area contributed by atoms with Crippen LogP contribution in [0, 0.1) is 0 Å². The molecule has 1 amide bonds. The molecule has 0 aliphatic carbocycles. The van der Waals surface area contributed by atoms with E-state index < -0.39 is 0 Å². The minimum atomic E-state index is -0.108. The SMILES string of the molecule is CC(C)N(C)C(=O)c1cccnc1Oc1cccc(Br)c1. The van der Waals surface area contributed by atoms with Gasteiger partial charge in [0, 0.05) is 23.8 Å². The van der Waals surface area contributed by atoms with Gasteiger partial charge in [0.15, 0.2) is 0 Å². The standard InChI is InChI=1S/C16H17BrN2O2/c1-11(2)19(3)16(20)14-8-5-9-18-15(14)21-13-7-4-6-12(17)10-13/h4-11H,1-3H3. The maximum atomic E-state index is 12.5. The van der Waals surface area contributed by atoms with Crippen molar-refractivity contribution in [1.29, 1.82) is 0 Å². The van der Waals surface area contributed by atoms with Crippen LogP contribution in [0.25, 0.3) is 0 Å². The zero-order valence-electron chi connectivity index (χ0n) is 12.2. The molecule has 1 aromatic carbocycles. The first kappa shape index (κ1) is 15.5. The first-order chi connectivity index (χ1) is 9.99. The zero-order chi connectivity index (χ0) is 15.4. The van der Waals surface area contributed by atoms with Gasteiger partial charge in [-0.2, -0.15) is 0 Å². The van der Waals surface area contributed by atoms with Crippen LogP contribution in [0.4, 0.5) is 0 Å². The number of carbonyl (C=O) groups is 1. The number of ether oxygens (including phenoxy) is 1. The summed E-state index contributed by atoms with van der Waals surface area (Å²) in [4.78, 5) is 18.3. The Morgan fingerprint density at radius 2 is 2.05 bits per heavy atom. The predicted octanol–water partition coefficient (Wildman–Crippen LogP) is 4.12. The van der Waals surface area contributed by atoms with Gasteiger partial charge >= 0.3 is 0 Å². The van der Waals surface area contributed by atoms with Gasteiger partial charge in [-0.3, -0.25) is 4.79 Å². The molecule has 0 saturated carbocycles. The smallest absolute Gasteiger partial charge is 0.259 e. The summed E-state index contributed by atoms with van der Waals surface area (Å²) in [6.07, 6.45) is 1.61. The summed E-state index contributed by atoms with van der Waals surface area (Å²) < 4.78 is 6.66. The molecule has 0 unspecified atom stereocenters. The van der Waals surface area contributed by atoms with Gasteiger partial charge in [0.1, 0.15) is 11.3 Å². The lowest BCUT2D eigenvalue weighted by Crippen LogP contribution is -2.33. The minimum Gasteiger partial charge on any atom is -0.438 e. The summed E-state index contributed by atoms with van der Waals surface area (Å²) in [7, 11) is 1.77. The summed E-state index contributed by atoms with van der Waals surface area (Å²) in [6.45, 7) is 3.92. The molecule has 5 heteroatoms. The van der Waals surface area contributed by atoms with Crippen molar-refractivity contribution in [2.24, 2.45) is 0 Å². The van der Waals surface area contributed by atoms with Crippen molar-refractivity contribution in [2.75, 3.05) is 7.05 Å². The minimum absolute atomic E-state index is 0.108. The fourth-order valence-electron chi connectivity index (χ4n) is 1.70. The van der Waals surface area contributed by atoms with E-state index >= 15 is 0 Å². The second-order valence-corrected chi connectivity index (χ2v) is 5.84. The van der Waals surface area contributed by atoms with Crippen molar-refractivity contribution in [3.63, 3.8) is 0 Å². The van der Waals surface area contributed by atoms with Crippen LogP contribution < -0.4 is 4.74 Å². The number of halogens is 1. The van der Waals surface area contributed by atoms with Gasteiger partial charge in [0.05, 0.1) is 0 Å². The Labute approximate surface area is 132 Å². The summed E-state index contributed by atoms with van der Waals surface area (Å²) in [5, 5.41) is 0. The van der Waals surface area contributed by atoms with Gasteiger partial charge < -0.3 is 9.64 Å². The molecule has 0 aliphatic rings.